The van der Waals surface area contributed by atoms with Gasteiger partial charge >= 0.3 is 59.1 Å². The number of aliphatic hydroxyl groups excluding tert-OH is 3. The zero-order chi connectivity index (χ0) is 23.6. The van der Waals surface area contributed by atoms with E-state index in [1.165, 1.54) is 37.3 Å². The molecule has 3 rings (SSSR count). The monoisotopic (exact) mass is 491 g/mol. The Kier molecular flexibility index (Phi) is 11.7. The normalized spacial score (nSPS) is 23.6. The molecular formula is C21H19NNa2O10. The Hall–Kier alpha value is -1.51. The standard InChI is InChI=1S/C21H21NO10.2Na/c1-9(23)22-13-7-3-6-12(10-4-2-5-11(8-10)19(27)28)17(13)31-21-16(26)14(24)15(25)18(32-21)20(29)30;;/h2-8,14-16,18,21,24-26H,1H3,(H,22,23)(H,27,28)(H,29,30);;/q;2*+1/p-2/t14-,15-,16+,18-,21+;;/m0../s1. The first-order chi connectivity index (χ1) is 15.1. The molecule has 13 heteroatoms. The number of aromatic carboxylic acids is 1. The number of nitrogens with one attached hydrogen (secondary N) is 1. The largest absolute Gasteiger partial charge is 1.00 e. The molecule has 170 valence electrons. The fraction of sp³-hybridized carbons (Fsp3) is 0.286. The summed E-state index contributed by atoms with van der Waals surface area (Å²) in [6, 6.07) is 10.1. The van der Waals surface area contributed by atoms with E-state index in [1.807, 2.05) is 0 Å². The molecule has 2 aromatic rings. The Balaban J connectivity index is 0.00000289. The maximum absolute atomic E-state index is 11.7. The summed E-state index contributed by atoms with van der Waals surface area (Å²) >= 11 is 0. The van der Waals surface area contributed by atoms with Crippen molar-refractivity contribution in [2.75, 3.05) is 5.32 Å². The van der Waals surface area contributed by atoms with Gasteiger partial charge in [-0.3, -0.25) is 4.79 Å². The molecule has 1 aliphatic rings. The van der Waals surface area contributed by atoms with Crippen LogP contribution in [-0.2, 0) is 14.3 Å². The van der Waals surface area contributed by atoms with Crippen molar-refractivity contribution in [1.82, 2.24) is 0 Å². The van der Waals surface area contributed by atoms with Gasteiger partial charge in [0.15, 0.2) is 5.75 Å². The van der Waals surface area contributed by atoms with Gasteiger partial charge in [-0.05, 0) is 23.3 Å². The van der Waals surface area contributed by atoms with E-state index < -0.39 is 48.6 Å². The van der Waals surface area contributed by atoms with E-state index in [9.17, 15) is 39.9 Å². The molecule has 0 unspecified atom stereocenters. The van der Waals surface area contributed by atoms with E-state index in [0.717, 1.165) is 0 Å². The Labute approximate surface area is 238 Å². The Morgan fingerprint density at radius 3 is 2.21 bits per heavy atom. The third-order valence-electron chi connectivity index (χ3n) is 4.77. The van der Waals surface area contributed by atoms with E-state index in [2.05, 4.69) is 5.32 Å². The minimum absolute atomic E-state index is 0. The molecule has 0 aromatic heterocycles. The van der Waals surface area contributed by atoms with E-state index in [-0.39, 0.29) is 81.7 Å². The number of carboxylic acids is 2. The predicted octanol–water partition coefficient (Wildman–Crippen LogP) is -8.38. The number of amides is 1. The van der Waals surface area contributed by atoms with Crippen molar-refractivity contribution in [2.45, 2.75) is 37.6 Å². The quantitative estimate of drug-likeness (QED) is 0.283. The Morgan fingerprint density at radius 2 is 1.62 bits per heavy atom. The van der Waals surface area contributed by atoms with Gasteiger partial charge in [-0.15, -0.1) is 0 Å². The van der Waals surface area contributed by atoms with Gasteiger partial charge in [-0.25, -0.2) is 0 Å². The molecule has 0 radical (unpaired) electrons. The molecule has 1 heterocycles. The molecule has 2 aromatic carbocycles. The number of carbonyl (C=O) groups excluding carboxylic acids is 3. The molecule has 5 atom stereocenters. The molecule has 1 fully saturated rings. The van der Waals surface area contributed by atoms with E-state index >= 15 is 0 Å². The molecule has 0 bridgehead atoms. The molecule has 34 heavy (non-hydrogen) atoms. The van der Waals surface area contributed by atoms with Gasteiger partial charge in [0.1, 0.15) is 24.4 Å². The molecule has 11 nitrogen and oxygen atoms in total. The maximum Gasteiger partial charge on any atom is 1.00 e. The molecular weight excluding hydrogens is 472 g/mol. The smallest absolute Gasteiger partial charge is 0.547 e. The van der Waals surface area contributed by atoms with Gasteiger partial charge in [-0.2, -0.15) is 0 Å². The third kappa shape index (κ3) is 6.79. The van der Waals surface area contributed by atoms with Gasteiger partial charge in [0, 0.05) is 12.5 Å². The van der Waals surface area contributed by atoms with Crippen molar-refractivity contribution in [3.63, 3.8) is 0 Å². The second-order valence-corrected chi connectivity index (χ2v) is 7.07. The van der Waals surface area contributed by atoms with Gasteiger partial charge in [0.05, 0.1) is 17.6 Å². The number of carbonyl (C=O) groups is 3. The van der Waals surface area contributed by atoms with Gasteiger partial charge in [-0.1, -0.05) is 30.3 Å². The maximum atomic E-state index is 11.7. The number of para-hydroxylation sites is 1. The minimum atomic E-state index is -2.00. The number of anilines is 1. The van der Waals surface area contributed by atoms with Crippen LogP contribution in [0.5, 0.6) is 5.75 Å². The Bertz CT molecular complexity index is 1050. The average Bonchev–Trinajstić information content (AvgIpc) is 2.74. The van der Waals surface area contributed by atoms with Crippen LogP contribution in [-0.4, -0.2) is 63.9 Å². The number of carboxylic acid groups (broad SMARTS) is 2. The summed E-state index contributed by atoms with van der Waals surface area (Å²) in [5.74, 6) is -3.85. The number of ether oxygens (including phenoxy) is 2. The van der Waals surface area contributed by atoms with Crippen LogP contribution < -0.4 is 79.4 Å². The van der Waals surface area contributed by atoms with Crippen LogP contribution in [0.25, 0.3) is 11.1 Å². The van der Waals surface area contributed by atoms with Crippen molar-refractivity contribution >= 4 is 23.5 Å². The zero-order valence-electron chi connectivity index (χ0n) is 18.6. The number of benzene rings is 2. The van der Waals surface area contributed by atoms with Gasteiger partial charge in [0.25, 0.3) is 0 Å². The van der Waals surface area contributed by atoms with Crippen molar-refractivity contribution in [1.29, 1.82) is 0 Å². The molecule has 1 aliphatic heterocycles. The molecule has 1 saturated heterocycles. The van der Waals surface area contributed by atoms with Gasteiger partial charge < -0.3 is 49.9 Å². The van der Waals surface area contributed by atoms with Crippen molar-refractivity contribution in [3.05, 3.63) is 48.0 Å². The van der Waals surface area contributed by atoms with Crippen LogP contribution in [0.15, 0.2) is 42.5 Å². The number of hydrogen-bond donors (Lipinski definition) is 4. The summed E-state index contributed by atoms with van der Waals surface area (Å²) in [5, 5.41) is 55.1. The summed E-state index contributed by atoms with van der Waals surface area (Å²) in [6.45, 7) is 1.23. The first-order valence-corrected chi connectivity index (χ1v) is 9.39. The van der Waals surface area contributed by atoms with Gasteiger partial charge in [0.2, 0.25) is 12.2 Å². The summed E-state index contributed by atoms with van der Waals surface area (Å²) in [5.41, 5.74) is 0.537. The van der Waals surface area contributed by atoms with Crippen LogP contribution >= 0.6 is 0 Å². The van der Waals surface area contributed by atoms with E-state index in [1.54, 1.807) is 12.1 Å². The van der Waals surface area contributed by atoms with Crippen LogP contribution in [0.4, 0.5) is 5.69 Å². The molecule has 1 amide bonds. The second kappa shape index (κ2) is 13.0. The average molecular weight is 491 g/mol. The third-order valence-corrected chi connectivity index (χ3v) is 4.77. The van der Waals surface area contributed by atoms with Crippen LogP contribution in [0.3, 0.4) is 0 Å². The zero-order valence-corrected chi connectivity index (χ0v) is 22.6. The van der Waals surface area contributed by atoms with Crippen LogP contribution in [0.2, 0.25) is 0 Å². The SMILES string of the molecule is CC(=O)Nc1cccc(-c2cccc(C(=O)[O-])c2)c1O[C@@H]1O[C@H](C(=O)[O-])[C@@H](O)[C@H](O)[C@H]1O.[Na+].[Na+]. The van der Waals surface area contributed by atoms with Crippen molar-refractivity contribution < 1.29 is 109 Å². The summed E-state index contributed by atoms with van der Waals surface area (Å²) < 4.78 is 10.8. The molecule has 4 N–H and O–H groups in total. The van der Waals surface area contributed by atoms with Crippen LogP contribution in [0.1, 0.15) is 17.3 Å². The van der Waals surface area contributed by atoms with Crippen molar-refractivity contribution in [2.24, 2.45) is 0 Å². The van der Waals surface area contributed by atoms with Crippen molar-refractivity contribution in [3.8, 4) is 16.9 Å². The second-order valence-electron chi connectivity index (χ2n) is 7.07. The summed E-state index contributed by atoms with van der Waals surface area (Å²) in [4.78, 5) is 34.2. The van der Waals surface area contributed by atoms with Crippen LogP contribution in [0, 0.1) is 0 Å². The fourth-order valence-corrected chi connectivity index (χ4v) is 3.25. The number of aliphatic carboxylic acids is 1. The number of aliphatic hydroxyl groups is 3. The Morgan fingerprint density at radius 1 is 0.971 bits per heavy atom. The molecule has 0 spiro atoms. The summed E-state index contributed by atoms with van der Waals surface area (Å²) in [7, 11) is 0. The molecule has 0 saturated carbocycles. The first-order valence-electron chi connectivity index (χ1n) is 9.39. The van der Waals surface area contributed by atoms with E-state index in [0.29, 0.717) is 5.56 Å². The first kappa shape index (κ1) is 30.5. The van der Waals surface area contributed by atoms with E-state index in [4.69, 9.17) is 9.47 Å². The topological polar surface area (TPSA) is 189 Å². The fourth-order valence-electron chi connectivity index (χ4n) is 3.25. The minimum Gasteiger partial charge on any atom is -0.547 e. The molecule has 0 aliphatic carbocycles. The predicted molar refractivity (Wildman–Crippen MR) is 103 cm³/mol. The number of rotatable bonds is 6. The number of hydrogen-bond acceptors (Lipinski definition) is 10. The summed E-state index contributed by atoms with van der Waals surface area (Å²) in [6.07, 6.45) is -9.56.